The van der Waals surface area contributed by atoms with Crippen LogP contribution in [0.1, 0.15) is 16.7 Å². The van der Waals surface area contributed by atoms with Crippen LogP contribution in [0.15, 0.2) is 54.7 Å². The van der Waals surface area contributed by atoms with Crippen LogP contribution in [0.25, 0.3) is 16.9 Å². The maximum absolute atomic E-state index is 5.82. The van der Waals surface area contributed by atoms with Gasteiger partial charge in [-0.25, -0.2) is 4.68 Å². The van der Waals surface area contributed by atoms with Gasteiger partial charge in [0.25, 0.3) is 0 Å². The van der Waals surface area contributed by atoms with E-state index in [1.165, 1.54) is 16.7 Å². The lowest BCUT2D eigenvalue weighted by atomic mass is 10.1. The summed E-state index contributed by atoms with van der Waals surface area (Å²) in [6, 6.07) is 17.0. The fourth-order valence-corrected chi connectivity index (χ4v) is 3.74. The number of ether oxygens (including phenoxy) is 2. The number of hydrogen-bond acceptors (Lipinski definition) is 4. The van der Waals surface area contributed by atoms with Crippen molar-refractivity contribution < 1.29 is 9.47 Å². The van der Waals surface area contributed by atoms with Gasteiger partial charge in [0.1, 0.15) is 0 Å². The zero-order valence-corrected chi connectivity index (χ0v) is 17.5. The molecule has 1 unspecified atom stereocenters. The number of rotatable bonds is 6. The molecular formula is C24H29N3O2. The van der Waals surface area contributed by atoms with Gasteiger partial charge in [-0.3, -0.25) is 4.90 Å². The fraction of sp³-hybridized carbons (Fsp3) is 0.375. The first-order valence-corrected chi connectivity index (χ1v) is 10.2. The van der Waals surface area contributed by atoms with Gasteiger partial charge >= 0.3 is 0 Å². The maximum atomic E-state index is 5.82. The Morgan fingerprint density at radius 1 is 1.07 bits per heavy atom. The van der Waals surface area contributed by atoms with Crippen LogP contribution in [0.5, 0.6) is 0 Å². The summed E-state index contributed by atoms with van der Waals surface area (Å²) in [5.74, 6) is 0. The van der Waals surface area contributed by atoms with Gasteiger partial charge in [0.2, 0.25) is 0 Å². The van der Waals surface area contributed by atoms with E-state index in [1.807, 2.05) is 4.68 Å². The van der Waals surface area contributed by atoms with E-state index in [0.717, 1.165) is 30.0 Å². The molecule has 152 valence electrons. The standard InChI is InChI=1S/C24H29N3O2/c1-18-7-9-22(10-8-18)27-15-21(14-26(3)16-23-17-28-11-12-29-23)24(25-27)20-6-4-5-19(2)13-20/h4-10,13,15,23H,11-12,14,16-17H2,1-3H3. The smallest absolute Gasteiger partial charge is 0.0972 e. The number of benzene rings is 2. The predicted molar refractivity (Wildman–Crippen MR) is 115 cm³/mol. The van der Waals surface area contributed by atoms with Crippen molar-refractivity contribution in [1.82, 2.24) is 14.7 Å². The van der Waals surface area contributed by atoms with E-state index in [1.54, 1.807) is 0 Å². The minimum atomic E-state index is 0.128. The van der Waals surface area contributed by atoms with Gasteiger partial charge in [-0.15, -0.1) is 0 Å². The lowest BCUT2D eigenvalue weighted by Gasteiger charge is -2.27. The molecule has 0 N–H and O–H groups in total. The van der Waals surface area contributed by atoms with E-state index in [4.69, 9.17) is 14.6 Å². The van der Waals surface area contributed by atoms with Crippen LogP contribution < -0.4 is 0 Å². The van der Waals surface area contributed by atoms with E-state index in [9.17, 15) is 0 Å². The summed E-state index contributed by atoms with van der Waals surface area (Å²) in [4.78, 5) is 2.29. The summed E-state index contributed by atoms with van der Waals surface area (Å²) in [7, 11) is 2.13. The number of nitrogens with zero attached hydrogens (tertiary/aromatic N) is 3. The first-order chi connectivity index (χ1) is 14.1. The molecule has 5 heteroatoms. The number of likely N-dealkylation sites (N-methyl/N-ethyl adjacent to an activating group) is 1. The van der Waals surface area contributed by atoms with Crippen molar-refractivity contribution in [3.8, 4) is 16.9 Å². The highest BCUT2D eigenvalue weighted by molar-refractivity contribution is 5.64. The quantitative estimate of drug-likeness (QED) is 0.637. The first kappa shape index (κ1) is 19.8. The zero-order chi connectivity index (χ0) is 20.2. The van der Waals surface area contributed by atoms with Gasteiger partial charge in [0.15, 0.2) is 0 Å². The first-order valence-electron chi connectivity index (χ1n) is 10.2. The highest BCUT2D eigenvalue weighted by atomic mass is 16.6. The van der Waals surface area contributed by atoms with E-state index in [0.29, 0.717) is 19.8 Å². The van der Waals surface area contributed by atoms with E-state index in [2.05, 4.69) is 80.5 Å². The van der Waals surface area contributed by atoms with E-state index in [-0.39, 0.29) is 6.10 Å². The number of hydrogen-bond donors (Lipinski definition) is 0. The molecule has 2 aromatic carbocycles. The molecule has 4 rings (SSSR count). The van der Waals surface area contributed by atoms with Crippen molar-refractivity contribution >= 4 is 0 Å². The fourth-order valence-electron chi connectivity index (χ4n) is 3.74. The van der Waals surface area contributed by atoms with Gasteiger partial charge in [0.05, 0.1) is 37.3 Å². The van der Waals surface area contributed by atoms with Crippen molar-refractivity contribution in [1.29, 1.82) is 0 Å². The summed E-state index contributed by atoms with van der Waals surface area (Å²) in [5.41, 5.74) is 6.94. The SMILES string of the molecule is Cc1ccc(-n2cc(CN(C)CC3COCCO3)c(-c3cccc(C)c3)n2)cc1. The maximum Gasteiger partial charge on any atom is 0.0972 e. The Morgan fingerprint density at radius 3 is 2.62 bits per heavy atom. The molecule has 3 aromatic rings. The third kappa shape index (κ3) is 4.93. The average molecular weight is 392 g/mol. The van der Waals surface area contributed by atoms with Gasteiger partial charge < -0.3 is 9.47 Å². The van der Waals surface area contributed by atoms with Crippen molar-refractivity contribution in [2.24, 2.45) is 0 Å². The van der Waals surface area contributed by atoms with Crippen LogP contribution in [0, 0.1) is 13.8 Å². The molecule has 2 heterocycles. The van der Waals surface area contributed by atoms with Crippen molar-refractivity contribution in [2.75, 3.05) is 33.4 Å². The Balaban J connectivity index is 1.62. The molecule has 0 spiro atoms. The van der Waals surface area contributed by atoms with Crippen LogP contribution in [0.4, 0.5) is 0 Å². The van der Waals surface area contributed by atoms with Gasteiger partial charge in [-0.1, -0.05) is 41.5 Å². The molecule has 0 saturated carbocycles. The lowest BCUT2D eigenvalue weighted by Crippen LogP contribution is -2.38. The summed E-state index contributed by atoms with van der Waals surface area (Å²) < 4.78 is 13.3. The highest BCUT2D eigenvalue weighted by Crippen LogP contribution is 2.26. The van der Waals surface area contributed by atoms with Crippen LogP contribution in [-0.4, -0.2) is 54.2 Å². The van der Waals surface area contributed by atoms with Crippen LogP contribution in [0.3, 0.4) is 0 Å². The third-order valence-electron chi connectivity index (χ3n) is 5.22. The molecule has 5 nitrogen and oxygen atoms in total. The molecule has 1 saturated heterocycles. The Kier molecular flexibility index (Phi) is 6.09. The second-order valence-electron chi connectivity index (χ2n) is 7.92. The molecule has 1 fully saturated rings. The second kappa shape index (κ2) is 8.91. The summed E-state index contributed by atoms with van der Waals surface area (Å²) in [6.07, 6.45) is 2.28. The van der Waals surface area contributed by atoms with Crippen LogP contribution >= 0.6 is 0 Å². The Bertz CT molecular complexity index is 943. The normalized spacial score (nSPS) is 17.0. The molecular weight excluding hydrogens is 362 g/mol. The summed E-state index contributed by atoms with van der Waals surface area (Å²) >= 11 is 0. The number of aromatic nitrogens is 2. The molecule has 1 atom stereocenters. The largest absolute Gasteiger partial charge is 0.376 e. The van der Waals surface area contributed by atoms with Crippen molar-refractivity contribution in [2.45, 2.75) is 26.5 Å². The number of aryl methyl sites for hydroxylation is 2. The molecule has 1 aromatic heterocycles. The summed E-state index contributed by atoms with van der Waals surface area (Å²) in [6.45, 7) is 7.89. The van der Waals surface area contributed by atoms with E-state index < -0.39 is 0 Å². The van der Waals surface area contributed by atoms with Crippen molar-refractivity contribution in [3.05, 3.63) is 71.4 Å². The summed E-state index contributed by atoms with van der Waals surface area (Å²) in [5, 5.41) is 4.96. The van der Waals surface area contributed by atoms with E-state index >= 15 is 0 Å². The molecule has 1 aliphatic heterocycles. The molecule has 0 aliphatic carbocycles. The molecule has 29 heavy (non-hydrogen) atoms. The Morgan fingerprint density at radius 2 is 1.90 bits per heavy atom. The predicted octanol–water partition coefficient (Wildman–Crippen LogP) is 4.00. The molecule has 0 bridgehead atoms. The molecule has 0 amide bonds. The average Bonchev–Trinajstić information content (AvgIpc) is 3.13. The van der Waals surface area contributed by atoms with Crippen molar-refractivity contribution in [3.63, 3.8) is 0 Å². The van der Waals surface area contributed by atoms with Gasteiger partial charge in [-0.2, -0.15) is 5.10 Å². The zero-order valence-electron chi connectivity index (χ0n) is 17.5. The Hall–Kier alpha value is -2.47. The van der Waals surface area contributed by atoms with Crippen LogP contribution in [0.2, 0.25) is 0 Å². The lowest BCUT2D eigenvalue weighted by molar-refractivity contribution is -0.0962. The third-order valence-corrected chi connectivity index (χ3v) is 5.22. The minimum absolute atomic E-state index is 0.128. The monoisotopic (exact) mass is 391 g/mol. The second-order valence-corrected chi connectivity index (χ2v) is 7.92. The van der Waals surface area contributed by atoms with Gasteiger partial charge in [0, 0.05) is 30.4 Å². The Labute approximate surface area is 172 Å². The molecule has 1 aliphatic rings. The van der Waals surface area contributed by atoms with Gasteiger partial charge in [-0.05, 0) is 39.1 Å². The van der Waals surface area contributed by atoms with Crippen LogP contribution in [-0.2, 0) is 16.0 Å². The topological polar surface area (TPSA) is 39.5 Å². The molecule has 0 radical (unpaired) electrons. The minimum Gasteiger partial charge on any atom is -0.376 e. The highest BCUT2D eigenvalue weighted by Gasteiger charge is 2.19.